The van der Waals surface area contributed by atoms with Crippen LogP contribution < -0.4 is 10.5 Å². The van der Waals surface area contributed by atoms with Crippen LogP contribution in [0.25, 0.3) is 23.1 Å². The molecule has 0 bridgehead atoms. The zero-order valence-corrected chi connectivity index (χ0v) is 10.9. The fraction of sp³-hybridized carbons (Fsp3) is 0.167. The number of hydrogen-bond acceptors (Lipinski definition) is 7. The molecule has 20 heavy (non-hydrogen) atoms. The number of rotatable bonds is 3. The quantitative estimate of drug-likeness (QED) is 0.740. The summed E-state index contributed by atoms with van der Waals surface area (Å²) < 4.78 is 10.3. The lowest BCUT2D eigenvalue weighted by molar-refractivity contribution is 0.411. The predicted octanol–water partition coefficient (Wildman–Crippen LogP) is 1.42. The summed E-state index contributed by atoms with van der Waals surface area (Å²) in [4.78, 5) is 8.18. The fourth-order valence-electron chi connectivity index (χ4n) is 1.82. The number of H-pyrrole nitrogens is 1. The van der Waals surface area contributed by atoms with Crippen molar-refractivity contribution in [1.82, 2.24) is 25.3 Å². The van der Waals surface area contributed by atoms with Crippen molar-refractivity contribution in [1.29, 1.82) is 0 Å². The lowest BCUT2D eigenvalue weighted by Gasteiger charge is -2.04. The second kappa shape index (κ2) is 4.65. The van der Waals surface area contributed by atoms with Gasteiger partial charge in [-0.2, -0.15) is 9.97 Å². The number of aromatic nitrogens is 5. The molecule has 0 fully saturated rings. The molecule has 0 saturated carbocycles. The van der Waals surface area contributed by atoms with Crippen LogP contribution in [0.1, 0.15) is 5.56 Å². The molecule has 0 spiro atoms. The van der Waals surface area contributed by atoms with Crippen LogP contribution in [0, 0.1) is 6.92 Å². The number of aromatic amines is 1. The molecule has 8 nitrogen and oxygen atoms in total. The summed E-state index contributed by atoms with van der Waals surface area (Å²) in [5.74, 6) is 1.96. The third-order valence-corrected chi connectivity index (χ3v) is 2.78. The van der Waals surface area contributed by atoms with Crippen molar-refractivity contribution in [3.63, 3.8) is 0 Å². The number of nitrogen functional groups attached to an aromatic ring is 1. The molecule has 0 aliphatic rings. The van der Waals surface area contributed by atoms with Gasteiger partial charge in [-0.05, 0) is 30.7 Å². The van der Waals surface area contributed by atoms with Crippen molar-refractivity contribution in [2.75, 3.05) is 12.8 Å². The monoisotopic (exact) mass is 272 g/mol. The van der Waals surface area contributed by atoms with Crippen LogP contribution in [0.15, 0.2) is 22.7 Å². The SMILES string of the molecule is COc1ccc(-c2noc(-c3nc(N)n[nH]3)n2)cc1C. The van der Waals surface area contributed by atoms with Gasteiger partial charge >= 0.3 is 0 Å². The number of hydrogen-bond donors (Lipinski definition) is 2. The molecule has 0 amide bonds. The minimum atomic E-state index is 0.125. The van der Waals surface area contributed by atoms with Crippen molar-refractivity contribution in [3.8, 4) is 28.9 Å². The van der Waals surface area contributed by atoms with Crippen molar-refractivity contribution >= 4 is 5.95 Å². The fourth-order valence-corrected chi connectivity index (χ4v) is 1.82. The molecular weight excluding hydrogens is 260 g/mol. The first kappa shape index (κ1) is 12.2. The second-order valence-corrected chi connectivity index (χ2v) is 4.15. The van der Waals surface area contributed by atoms with E-state index < -0.39 is 0 Å². The summed E-state index contributed by atoms with van der Waals surface area (Å²) in [6.07, 6.45) is 0. The topological polar surface area (TPSA) is 116 Å². The minimum absolute atomic E-state index is 0.125. The van der Waals surface area contributed by atoms with E-state index in [1.807, 2.05) is 25.1 Å². The van der Waals surface area contributed by atoms with E-state index in [1.165, 1.54) is 0 Å². The number of nitrogens with two attached hydrogens (primary N) is 1. The van der Waals surface area contributed by atoms with E-state index in [4.69, 9.17) is 15.0 Å². The highest BCUT2D eigenvalue weighted by atomic mass is 16.5. The molecule has 3 rings (SSSR count). The van der Waals surface area contributed by atoms with Crippen LogP contribution >= 0.6 is 0 Å². The normalized spacial score (nSPS) is 10.7. The predicted molar refractivity (Wildman–Crippen MR) is 70.8 cm³/mol. The summed E-state index contributed by atoms with van der Waals surface area (Å²) in [6, 6.07) is 5.63. The van der Waals surface area contributed by atoms with E-state index in [0.717, 1.165) is 16.9 Å². The Balaban J connectivity index is 1.95. The lowest BCUT2D eigenvalue weighted by Crippen LogP contribution is -1.89. The van der Waals surface area contributed by atoms with Gasteiger partial charge in [0.15, 0.2) is 0 Å². The van der Waals surface area contributed by atoms with Crippen LogP contribution in [0.2, 0.25) is 0 Å². The summed E-state index contributed by atoms with van der Waals surface area (Å²) in [5, 5.41) is 10.2. The van der Waals surface area contributed by atoms with Crippen molar-refractivity contribution < 1.29 is 9.26 Å². The van der Waals surface area contributed by atoms with E-state index in [0.29, 0.717) is 11.6 Å². The highest BCUT2D eigenvalue weighted by Gasteiger charge is 2.14. The molecule has 0 radical (unpaired) electrons. The number of nitrogens with zero attached hydrogens (tertiary/aromatic N) is 4. The molecule has 0 aliphatic carbocycles. The van der Waals surface area contributed by atoms with Crippen molar-refractivity contribution in [2.45, 2.75) is 6.92 Å². The van der Waals surface area contributed by atoms with Gasteiger partial charge in [-0.1, -0.05) is 5.16 Å². The molecule has 1 aromatic carbocycles. The number of benzene rings is 1. The van der Waals surface area contributed by atoms with Gasteiger partial charge in [0.25, 0.3) is 5.89 Å². The zero-order valence-electron chi connectivity index (χ0n) is 10.9. The van der Waals surface area contributed by atoms with Gasteiger partial charge in [0.1, 0.15) is 5.75 Å². The van der Waals surface area contributed by atoms with Crippen LogP contribution in [-0.2, 0) is 0 Å². The van der Waals surface area contributed by atoms with E-state index in [-0.39, 0.29) is 11.8 Å². The summed E-state index contributed by atoms with van der Waals surface area (Å²) in [7, 11) is 1.63. The summed E-state index contributed by atoms with van der Waals surface area (Å²) in [6.45, 7) is 1.94. The molecular formula is C12H12N6O2. The molecule has 3 N–H and O–H groups in total. The minimum Gasteiger partial charge on any atom is -0.496 e. The van der Waals surface area contributed by atoms with Gasteiger partial charge in [-0.15, -0.1) is 5.10 Å². The lowest BCUT2D eigenvalue weighted by atomic mass is 10.1. The van der Waals surface area contributed by atoms with Crippen molar-refractivity contribution in [3.05, 3.63) is 23.8 Å². The maximum absolute atomic E-state index is 5.43. The van der Waals surface area contributed by atoms with Gasteiger partial charge < -0.3 is 15.0 Å². The molecule has 3 aromatic rings. The van der Waals surface area contributed by atoms with E-state index in [1.54, 1.807) is 7.11 Å². The molecule has 0 aliphatic heterocycles. The first-order valence-corrected chi connectivity index (χ1v) is 5.84. The Kier molecular flexibility index (Phi) is 2.82. The Morgan fingerprint density at radius 2 is 2.15 bits per heavy atom. The largest absolute Gasteiger partial charge is 0.496 e. The highest BCUT2D eigenvalue weighted by molar-refractivity contribution is 5.60. The maximum Gasteiger partial charge on any atom is 0.295 e. The van der Waals surface area contributed by atoms with Gasteiger partial charge in [0.2, 0.25) is 17.6 Å². The first-order chi connectivity index (χ1) is 9.67. The Hall–Kier alpha value is -2.90. The molecule has 102 valence electrons. The Morgan fingerprint density at radius 3 is 2.80 bits per heavy atom. The van der Waals surface area contributed by atoms with E-state index in [9.17, 15) is 0 Å². The third kappa shape index (κ3) is 2.07. The van der Waals surface area contributed by atoms with Gasteiger partial charge in [-0.3, -0.25) is 5.10 Å². The first-order valence-electron chi connectivity index (χ1n) is 5.84. The molecule has 0 unspecified atom stereocenters. The molecule has 8 heteroatoms. The molecule has 2 aromatic heterocycles. The molecule has 0 saturated heterocycles. The second-order valence-electron chi connectivity index (χ2n) is 4.15. The van der Waals surface area contributed by atoms with E-state index in [2.05, 4.69) is 25.3 Å². The zero-order chi connectivity index (χ0) is 14.1. The molecule has 0 atom stereocenters. The Bertz CT molecular complexity index is 748. The van der Waals surface area contributed by atoms with Gasteiger partial charge in [0, 0.05) is 5.56 Å². The van der Waals surface area contributed by atoms with Crippen LogP contribution in [0.5, 0.6) is 5.75 Å². The van der Waals surface area contributed by atoms with Crippen molar-refractivity contribution in [2.24, 2.45) is 0 Å². The third-order valence-electron chi connectivity index (χ3n) is 2.78. The number of nitrogens with one attached hydrogen (secondary N) is 1. The van der Waals surface area contributed by atoms with Gasteiger partial charge in [0.05, 0.1) is 7.11 Å². The number of ether oxygens (including phenoxy) is 1. The average Bonchev–Trinajstić information content (AvgIpc) is 3.07. The molecule has 2 heterocycles. The van der Waals surface area contributed by atoms with Gasteiger partial charge in [-0.25, -0.2) is 0 Å². The summed E-state index contributed by atoms with van der Waals surface area (Å²) in [5.41, 5.74) is 7.24. The highest BCUT2D eigenvalue weighted by Crippen LogP contribution is 2.25. The number of methoxy groups -OCH3 is 1. The standard InChI is InChI=1S/C12H12N6O2/c1-6-5-7(3-4-8(6)19-2)9-14-11(20-18-9)10-15-12(13)17-16-10/h3-5H,1-2H3,(H3,13,15,16,17). The van der Waals surface area contributed by atoms with Crippen LogP contribution in [0.4, 0.5) is 5.95 Å². The Morgan fingerprint density at radius 1 is 1.30 bits per heavy atom. The average molecular weight is 272 g/mol. The van der Waals surface area contributed by atoms with E-state index >= 15 is 0 Å². The Labute approximate surface area is 114 Å². The summed E-state index contributed by atoms with van der Waals surface area (Å²) >= 11 is 0. The number of aryl methyl sites for hydroxylation is 1. The maximum atomic E-state index is 5.43. The number of anilines is 1. The van der Waals surface area contributed by atoms with Crippen LogP contribution in [0.3, 0.4) is 0 Å². The smallest absolute Gasteiger partial charge is 0.295 e. The van der Waals surface area contributed by atoms with Crippen LogP contribution in [-0.4, -0.2) is 32.4 Å².